The molecule has 1 amide bonds. The van der Waals surface area contributed by atoms with Gasteiger partial charge in [0.1, 0.15) is 12.4 Å². The highest BCUT2D eigenvalue weighted by molar-refractivity contribution is 5.76. The molecule has 0 spiro atoms. The van der Waals surface area contributed by atoms with Gasteiger partial charge in [-0.25, -0.2) is 0 Å². The van der Waals surface area contributed by atoms with Gasteiger partial charge in [-0.2, -0.15) is 0 Å². The molecule has 28 heavy (non-hydrogen) atoms. The predicted molar refractivity (Wildman–Crippen MR) is 109 cm³/mol. The predicted octanol–water partition coefficient (Wildman–Crippen LogP) is 4.91. The first-order chi connectivity index (χ1) is 13.5. The first kappa shape index (κ1) is 20.4. The van der Waals surface area contributed by atoms with Crippen LogP contribution in [0.1, 0.15) is 64.3 Å². The van der Waals surface area contributed by atoms with Crippen molar-refractivity contribution in [1.29, 1.82) is 0 Å². The van der Waals surface area contributed by atoms with Gasteiger partial charge in [-0.15, -0.1) is 0 Å². The van der Waals surface area contributed by atoms with Crippen molar-refractivity contribution in [2.75, 3.05) is 0 Å². The van der Waals surface area contributed by atoms with Crippen molar-refractivity contribution in [3.05, 3.63) is 47.9 Å². The van der Waals surface area contributed by atoms with Crippen LogP contribution in [0.4, 0.5) is 0 Å². The van der Waals surface area contributed by atoms with Crippen molar-refractivity contribution in [1.82, 2.24) is 10.5 Å². The molecule has 1 heterocycles. The van der Waals surface area contributed by atoms with Crippen LogP contribution in [0.5, 0.6) is 5.75 Å². The number of nitrogens with zero attached hydrogens (tertiary/aromatic N) is 1. The topological polar surface area (TPSA) is 64.4 Å². The normalized spacial score (nSPS) is 20.4. The zero-order valence-electron chi connectivity index (χ0n) is 17.2. The molecule has 1 aliphatic rings. The fourth-order valence-electron chi connectivity index (χ4n) is 3.85. The van der Waals surface area contributed by atoms with Crippen LogP contribution in [-0.4, -0.2) is 17.1 Å². The molecule has 0 aliphatic heterocycles. The van der Waals surface area contributed by atoms with Crippen molar-refractivity contribution in [2.45, 2.75) is 71.9 Å². The first-order valence-electron chi connectivity index (χ1n) is 10.4. The molecular formula is C23H32N2O3. The Morgan fingerprint density at radius 3 is 2.79 bits per heavy atom. The lowest BCUT2D eigenvalue weighted by atomic mass is 9.57. The summed E-state index contributed by atoms with van der Waals surface area (Å²) in [5, 5.41) is 7.43. The molecule has 1 aliphatic carbocycles. The summed E-state index contributed by atoms with van der Waals surface area (Å²) in [6.45, 7) is 7.00. The van der Waals surface area contributed by atoms with E-state index in [4.69, 9.17) is 9.26 Å². The second-order valence-electron chi connectivity index (χ2n) is 8.42. The van der Waals surface area contributed by atoms with Gasteiger partial charge >= 0.3 is 0 Å². The third kappa shape index (κ3) is 5.15. The third-order valence-electron chi connectivity index (χ3n) is 6.00. The fraction of sp³-hybridized carbons (Fsp3) is 0.565. The Morgan fingerprint density at radius 2 is 2.07 bits per heavy atom. The molecule has 3 rings (SSSR count). The van der Waals surface area contributed by atoms with Gasteiger partial charge in [0.15, 0.2) is 5.76 Å². The van der Waals surface area contributed by atoms with Crippen LogP contribution in [0.15, 0.2) is 40.9 Å². The Labute approximate surface area is 167 Å². The van der Waals surface area contributed by atoms with E-state index in [-0.39, 0.29) is 17.4 Å². The molecule has 1 fully saturated rings. The van der Waals surface area contributed by atoms with Crippen molar-refractivity contribution in [3.8, 4) is 5.75 Å². The zero-order valence-corrected chi connectivity index (χ0v) is 17.2. The summed E-state index contributed by atoms with van der Waals surface area (Å²) in [5.41, 5.74) is 1.03. The fourth-order valence-corrected chi connectivity index (χ4v) is 3.85. The lowest BCUT2D eigenvalue weighted by Crippen LogP contribution is -2.58. The van der Waals surface area contributed by atoms with E-state index in [1.165, 1.54) is 0 Å². The minimum absolute atomic E-state index is 0.0695. The van der Waals surface area contributed by atoms with Crippen LogP contribution in [0.2, 0.25) is 0 Å². The quantitative estimate of drug-likeness (QED) is 0.591. The third-order valence-corrected chi connectivity index (χ3v) is 6.00. The van der Waals surface area contributed by atoms with Gasteiger partial charge in [0.05, 0.1) is 5.69 Å². The van der Waals surface area contributed by atoms with E-state index in [1.54, 1.807) is 0 Å². The van der Waals surface area contributed by atoms with Gasteiger partial charge in [0, 0.05) is 18.5 Å². The monoisotopic (exact) mass is 384 g/mol. The highest BCUT2D eigenvalue weighted by Crippen LogP contribution is 2.47. The Bertz CT molecular complexity index is 754. The highest BCUT2D eigenvalue weighted by atomic mass is 16.5. The van der Waals surface area contributed by atoms with Crippen molar-refractivity contribution < 1.29 is 14.1 Å². The number of unbranched alkanes of at least 4 members (excludes halogenated alkanes) is 2. The molecule has 1 N–H and O–H groups in total. The summed E-state index contributed by atoms with van der Waals surface area (Å²) < 4.78 is 11.1. The summed E-state index contributed by atoms with van der Waals surface area (Å²) >= 11 is 0. The van der Waals surface area contributed by atoms with Gasteiger partial charge in [0.2, 0.25) is 5.91 Å². The lowest BCUT2D eigenvalue weighted by molar-refractivity contribution is -0.125. The Kier molecular flexibility index (Phi) is 6.76. The molecule has 5 heteroatoms. The average Bonchev–Trinajstić information content (AvgIpc) is 3.14. The number of amides is 1. The molecule has 1 aromatic heterocycles. The minimum Gasteiger partial charge on any atom is -0.486 e. The molecule has 2 atom stereocenters. The van der Waals surface area contributed by atoms with Gasteiger partial charge < -0.3 is 14.6 Å². The second kappa shape index (κ2) is 9.26. The van der Waals surface area contributed by atoms with Crippen LogP contribution in [0, 0.1) is 11.3 Å². The Morgan fingerprint density at radius 1 is 1.29 bits per heavy atom. The van der Waals surface area contributed by atoms with E-state index in [0.29, 0.717) is 18.9 Å². The van der Waals surface area contributed by atoms with Crippen LogP contribution < -0.4 is 10.1 Å². The Hall–Kier alpha value is -2.30. The number of benzene rings is 1. The van der Waals surface area contributed by atoms with Crippen LogP contribution in [0.3, 0.4) is 0 Å². The van der Waals surface area contributed by atoms with Crippen LogP contribution in [-0.2, 0) is 17.8 Å². The van der Waals surface area contributed by atoms with E-state index in [2.05, 4.69) is 31.2 Å². The maximum absolute atomic E-state index is 12.1. The van der Waals surface area contributed by atoms with Crippen LogP contribution in [0.25, 0.3) is 0 Å². The standard InChI is InChI=1S/C23H32N2O3/c1-4-5-7-12-22(26)24-21-14-17(23(21,2)3)13-18-15-20(28-25-18)16-27-19-10-8-6-9-11-19/h6,8-11,15,17,21H,4-5,7,12-14,16H2,1-3H3,(H,24,26)/t17-,21+/m1/s1. The summed E-state index contributed by atoms with van der Waals surface area (Å²) in [7, 11) is 0. The first-order valence-corrected chi connectivity index (χ1v) is 10.4. The number of aromatic nitrogens is 1. The second-order valence-corrected chi connectivity index (χ2v) is 8.42. The van der Waals surface area contributed by atoms with Gasteiger partial charge in [0.25, 0.3) is 0 Å². The van der Waals surface area contributed by atoms with Crippen molar-refractivity contribution >= 4 is 5.91 Å². The zero-order chi connectivity index (χ0) is 20.0. The summed E-state index contributed by atoms with van der Waals surface area (Å²) in [4.78, 5) is 12.1. The van der Waals surface area contributed by atoms with Crippen molar-refractivity contribution in [3.63, 3.8) is 0 Å². The number of hydrogen-bond donors (Lipinski definition) is 1. The van der Waals surface area contributed by atoms with Gasteiger partial charge in [-0.1, -0.05) is 57.0 Å². The summed E-state index contributed by atoms with van der Waals surface area (Å²) in [6.07, 6.45) is 5.73. The highest BCUT2D eigenvalue weighted by Gasteiger charge is 2.48. The molecule has 152 valence electrons. The molecule has 2 aromatic rings. The maximum atomic E-state index is 12.1. The van der Waals surface area contributed by atoms with E-state index in [0.717, 1.165) is 49.3 Å². The van der Waals surface area contributed by atoms with Crippen molar-refractivity contribution in [2.24, 2.45) is 11.3 Å². The smallest absolute Gasteiger partial charge is 0.220 e. The molecular weight excluding hydrogens is 352 g/mol. The molecule has 1 aromatic carbocycles. The number of rotatable bonds is 10. The number of carbonyl (C=O) groups is 1. The van der Waals surface area contributed by atoms with E-state index in [9.17, 15) is 4.79 Å². The van der Waals surface area contributed by atoms with E-state index < -0.39 is 0 Å². The largest absolute Gasteiger partial charge is 0.486 e. The number of carbonyl (C=O) groups excluding carboxylic acids is 1. The number of nitrogens with one attached hydrogen (secondary N) is 1. The van der Waals surface area contributed by atoms with E-state index in [1.807, 2.05) is 36.4 Å². The Balaban J connectivity index is 1.45. The average molecular weight is 385 g/mol. The minimum atomic E-state index is 0.0695. The van der Waals surface area contributed by atoms with Gasteiger partial charge in [-0.05, 0) is 42.7 Å². The SMILES string of the molecule is CCCCCC(=O)N[C@H]1C[C@@H](Cc2cc(COc3ccccc3)on2)C1(C)C. The molecule has 5 nitrogen and oxygen atoms in total. The number of ether oxygens (including phenoxy) is 1. The molecule has 1 saturated carbocycles. The summed E-state index contributed by atoms with van der Waals surface area (Å²) in [5.74, 6) is 2.23. The number of para-hydroxylation sites is 1. The molecule has 0 saturated heterocycles. The maximum Gasteiger partial charge on any atom is 0.220 e. The number of hydrogen-bond acceptors (Lipinski definition) is 4. The van der Waals surface area contributed by atoms with Crippen LogP contribution >= 0.6 is 0 Å². The molecule has 0 radical (unpaired) electrons. The summed E-state index contributed by atoms with van der Waals surface area (Å²) in [6, 6.07) is 11.9. The lowest BCUT2D eigenvalue weighted by Gasteiger charge is -2.52. The van der Waals surface area contributed by atoms with E-state index >= 15 is 0 Å². The molecule has 0 bridgehead atoms. The molecule has 0 unspecified atom stereocenters. The van der Waals surface area contributed by atoms with Gasteiger partial charge in [-0.3, -0.25) is 4.79 Å².